The summed E-state index contributed by atoms with van der Waals surface area (Å²) in [6, 6.07) is 11.5. The third kappa shape index (κ3) is 3.87. The van der Waals surface area contributed by atoms with Gasteiger partial charge in [-0.25, -0.2) is 14.6 Å². The number of nitrogens with zero attached hydrogens (tertiary/aromatic N) is 4. The summed E-state index contributed by atoms with van der Waals surface area (Å²) in [4.78, 5) is 21.4. The fourth-order valence-corrected chi connectivity index (χ4v) is 6.78. The van der Waals surface area contributed by atoms with Crippen molar-refractivity contribution in [3.63, 3.8) is 0 Å². The average molecular weight is 429 g/mol. The summed E-state index contributed by atoms with van der Waals surface area (Å²) in [6.45, 7) is 0. The third-order valence-corrected chi connectivity index (χ3v) is 7.53. The Labute approximate surface area is 187 Å². The van der Waals surface area contributed by atoms with Gasteiger partial charge in [0.2, 0.25) is 5.91 Å². The molecule has 7 rings (SSSR count). The van der Waals surface area contributed by atoms with Gasteiger partial charge in [-0.05, 0) is 92.0 Å². The van der Waals surface area contributed by atoms with Gasteiger partial charge in [-0.1, -0.05) is 0 Å². The lowest BCUT2D eigenvalue weighted by Crippen LogP contribution is -2.47. The van der Waals surface area contributed by atoms with Crippen molar-refractivity contribution >= 4 is 23.1 Å². The summed E-state index contributed by atoms with van der Waals surface area (Å²) >= 11 is 0. The molecule has 4 bridgehead atoms. The second-order valence-corrected chi connectivity index (χ2v) is 10.1. The minimum Gasteiger partial charge on any atom is -0.340 e. The van der Waals surface area contributed by atoms with E-state index in [1.807, 2.05) is 42.6 Å². The van der Waals surface area contributed by atoms with Crippen LogP contribution in [-0.2, 0) is 4.79 Å². The number of carbonyl (C=O) groups excluding carboxylic acids is 1. The number of aromatic nitrogens is 4. The Hall–Kier alpha value is -3.22. The average Bonchev–Trinajstić information content (AvgIpc) is 3.29. The van der Waals surface area contributed by atoms with Gasteiger partial charge in [0, 0.05) is 36.3 Å². The van der Waals surface area contributed by atoms with Crippen molar-refractivity contribution in [2.75, 3.05) is 10.6 Å². The Bertz CT molecular complexity index is 1070. The van der Waals surface area contributed by atoms with Crippen LogP contribution in [0.5, 0.6) is 0 Å². The lowest BCUT2D eigenvalue weighted by Gasteiger charge is -2.56. The van der Waals surface area contributed by atoms with Gasteiger partial charge in [0.25, 0.3) is 0 Å². The van der Waals surface area contributed by atoms with Crippen molar-refractivity contribution in [1.29, 1.82) is 0 Å². The van der Waals surface area contributed by atoms with Crippen LogP contribution >= 0.6 is 0 Å². The highest BCUT2D eigenvalue weighted by Gasteiger charge is 2.51. The fourth-order valence-electron chi connectivity index (χ4n) is 6.78. The molecule has 0 radical (unpaired) electrons. The molecule has 2 heterocycles. The minimum absolute atomic E-state index is 0.160. The summed E-state index contributed by atoms with van der Waals surface area (Å²) in [5.41, 5.74) is 2.00. The molecule has 0 saturated heterocycles. The quantitative estimate of drug-likeness (QED) is 0.580. The molecular formula is C25H28N6O. The highest BCUT2D eigenvalue weighted by Crippen LogP contribution is 2.61. The maximum absolute atomic E-state index is 12.9. The van der Waals surface area contributed by atoms with Gasteiger partial charge < -0.3 is 10.6 Å². The highest BCUT2D eigenvalue weighted by molar-refractivity contribution is 5.91. The molecule has 164 valence electrons. The van der Waals surface area contributed by atoms with Crippen LogP contribution in [0, 0.1) is 23.2 Å². The van der Waals surface area contributed by atoms with E-state index in [0.717, 1.165) is 29.1 Å². The Balaban J connectivity index is 1.08. The van der Waals surface area contributed by atoms with Gasteiger partial charge in [0.1, 0.15) is 12.1 Å². The molecule has 0 aliphatic heterocycles. The Morgan fingerprint density at radius 3 is 2.34 bits per heavy atom. The number of benzene rings is 1. The summed E-state index contributed by atoms with van der Waals surface area (Å²) in [5.74, 6) is 4.15. The first kappa shape index (κ1) is 19.5. The maximum atomic E-state index is 12.9. The highest BCUT2D eigenvalue weighted by atomic mass is 16.1. The van der Waals surface area contributed by atoms with Crippen LogP contribution in [0.1, 0.15) is 44.9 Å². The number of rotatable bonds is 6. The van der Waals surface area contributed by atoms with Gasteiger partial charge >= 0.3 is 0 Å². The molecule has 4 aliphatic rings. The first-order valence-electron chi connectivity index (χ1n) is 11.6. The monoisotopic (exact) mass is 428 g/mol. The van der Waals surface area contributed by atoms with E-state index < -0.39 is 0 Å². The fraction of sp³-hybridized carbons (Fsp3) is 0.440. The molecule has 1 amide bonds. The standard InChI is InChI=1S/C25H28N6O/c32-24(15-25-12-17-8-18(13-25)10-19(9-17)14-25)30-21-4-2-20(3-5-21)29-22-11-23(27-16-26-22)31-7-1-6-28-31/h1-7,11,16-19H,8-10,12-15H2,(H,30,32)(H,26,27,29). The van der Waals surface area contributed by atoms with Gasteiger partial charge in [-0.15, -0.1) is 0 Å². The molecule has 0 spiro atoms. The van der Waals surface area contributed by atoms with Crippen molar-refractivity contribution in [3.8, 4) is 5.82 Å². The van der Waals surface area contributed by atoms with Crippen LogP contribution in [0.3, 0.4) is 0 Å². The lowest BCUT2D eigenvalue weighted by atomic mass is 9.49. The van der Waals surface area contributed by atoms with E-state index in [0.29, 0.717) is 18.1 Å². The molecule has 2 N–H and O–H groups in total. The van der Waals surface area contributed by atoms with Crippen molar-refractivity contribution in [2.24, 2.45) is 23.2 Å². The number of nitrogens with one attached hydrogen (secondary N) is 2. The molecule has 4 aliphatic carbocycles. The maximum Gasteiger partial charge on any atom is 0.224 e. The van der Waals surface area contributed by atoms with E-state index in [9.17, 15) is 4.79 Å². The number of hydrogen-bond donors (Lipinski definition) is 2. The Morgan fingerprint density at radius 1 is 1.00 bits per heavy atom. The van der Waals surface area contributed by atoms with Crippen molar-refractivity contribution in [1.82, 2.24) is 19.7 Å². The van der Waals surface area contributed by atoms with E-state index >= 15 is 0 Å². The van der Waals surface area contributed by atoms with Gasteiger partial charge in [-0.2, -0.15) is 5.10 Å². The lowest BCUT2D eigenvalue weighted by molar-refractivity contribution is -0.124. The van der Waals surface area contributed by atoms with Crippen molar-refractivity contribution in [2.45, 2.75) is 44.9 Å². The summed E-state index contributed by atoms with van der Waals surface area (Å²) < 4.78 is 1.69. The Morgan fingerprint density at radius 2 is 1.69 bits per heavy atom. The zero-order valence-electron chi connectivity index (χ0n) is 18.1. The normalized spacial score (nSPS) is 27.9. The first-order valence-corrected chi connectivity index (χ1v) is 11.6. The van der Waals surface area contributed by atoms with Gasteiger partial charge in [-0.3, -0.25) is 4.79 Å². The van der Waals surface area contributed by atoms with Crippen LogP contribution in [0.4, 0.5) is 17.2 Å². The van der Waals surface area contributed by atoms with Gasteiger partial charge in [0.05, 0.1) is 0 Å². The molecule has 4 fully saturated rings. The first-order chi connectivity index (χ1) is 15.6. The number of carbonyl (C=O) groups is 1. The van der Waals surface area contributed by atoms with E-state index in [1.165, 1.54) is 44.9 Å². The van der Waals surface area contributed by atoms with Gasteiger partial charge in [0.15, 0.2) is 5.82 Å². The second kappa shape index (κ2) is 7.73. The minimum atomic E-state index is 0.160. The van der Waals surface area contributed by atoms with Crippen LogP contribution in [0.15, 0.2) is 55.1 Å². The SMILES string of the molecule is O=C(CC12CC3CC(CC(C3)C1)C2)Nc1ccc(Nc2cc(-n3cccn3)ncn2)cc1. The predicted octanol–water partition coefficient (Wildman–Crippen LogP) is 4.95. The molecule has 1 aromatic carbocycles. The van der Waals surface area contributed by atoms with Crippen molar-refractivity contribution < 1.29 is 4.79 Å². The molecule has 32 heavy (non-hydrogen) atoms. The molecular weight excluding hydrogens is 400 g/mol. The van der Waals surface area contributed by atoms with Crippen LogP contribution in [-0.4, -0.2) is 25.7 Å². The van der Waals surface area contributed by atoms with Crippen LogP contribution in [0.2, 0.25) is 0 Å². The molecule has 0 atom stereocenters. The Kier molecular flexibility index (Phi) is 4.70. The van der Waals surface area contributed by atoms with E-state index in [4.69, 9.17) is 0 Å². The smallest absolute Gasteiger partial charge is 0.224 e. The third-order valence-electron chi connectivity index (χ3n) is 7.53. The van der Waals surface area contributed by atoms with E-state index in [1.54, 1.807) is 10.9 Å². The summed E-state index contributed by atoms with van der Waals surface area (Å²) in [6.07, 6.45) is 13.7. The topological polar surface area (TPSA) is 84.7 Å². The van der Waals surface area contributed by atoms with Crippen LogP contribution < -0.4 is 10.6 Å². The summed E-state index contributed by atoms with van der Waals surface area (Å²) in [5, 5.41) is 10.6. The molecule has 2 aromatic heterocycles. The largest absolute Gasteiger partial charge is 0.340 e. The zero-order valence-corrected chi connectivity index (χ0v) is 18.1. The number of anilines is 3. The molecule has 4 saturated carbocycles. The molecule has 7 nitrogen and oxygen atoms in total. The zero-order chi connectivity index (χ0) is 21.5. The van der Waals surface area contributed by atoms with E-state index in [2.05, 4.69) is 25.7 Å². The molecule has 7 heteroatoms. The van der Waals surface area contributed by atoms with Crippen LogP contribution in [0.25, 0.3) is 5.82 Å². The van der Waals surface area contributed by atoms with E-state index in [-0.39, 0.29) is 11.3 Å². The van der Waals surface area contributed by atoms with Crippen molar-refractivity contribution in [3.05, 3.63) is 55.1 Å². The number of amides is 1. The molecule has 3 aromatic rings. The number of hydrogen-bond acceptors (Lipinski definition) is 5. The molecule has 0 unspecified atom stereocenters. The summed E-state index contributed by atoms with van der Waals surface area (Å²) in [7, 11) is 0. The predicted molar refractivity (Wildman–Crippen MR) is 123 cm³/mol. The second-order valence-electron chi connectivity index (χ2n) is 10.1.